The fourth-order valence-corrected chi connectivity index (χ4v) is 4.88. The van der Waals surface area contributed by atoms with Crippen LogP contribution in [0, 0.1) is 6.92 Å². The topological polar surface area (TPSA) is 73.5 Å². The van der Waals surface area contributed by atoms with Gasteiger partial charge in [0.1, 0.15) is 5.75 Å². The van der Waals surface area contributed by atoms with Crippen LogP contribution >= 0.6 is 0 Å². The van der Waals surface area contributed by atoms with E-state index in [4.69, 9.17) is 4.74 Å². The highest BCUT2D eigenvalue weighted by Crippen LogP contribution is 2.37. The molecule has 36 heavy (non-hydrogen) atoms. The highest BCUT2D eigenvalue weighted by molar-refractivity contribution is 5.92. The number of amides is 2. The maximum Gasteiger partial charge on any atom is 0.416 e. The number of nitrogens with one attached hydrogen (secondary N) is 2. The van der Waals surface area contributed by atoms with E-state index in [-0.39, 0.29) is 17.6 Å². The average molecular weight is 502 g/mol. The molecule has 1 unspecified atom stereocenters. The van der Waals surface area contributed by atoms with E-state index >= 15 is 0 Å². The van der Waals surface area contributed by atoms with Crippen molar-refractivity contribution < 1.29 is 22.7 Å². The van der Waals surface area contributed by atoms with Gasteiger partial charge in [-0.2, -0.15) is 13.2 Å². The Kier molecular flexibility index (Phi) is 7.53. The smallest absolute Gasteiger partial charge is 0.416 e. The lowest BCUT2D eigenvalue weighted by Crippen LogP contribution is -2.51. The van der Waals surface area contributed by atoms with E-state index in [1.165, 1.54) is 25.4 Å². The number of alkyl halides is 3. The quantitative estimate of drug-likeness (QED) is 0.490. The van der Waals surface area contributed by atoms with Crippen LogP contribution in [0.25, 0.3) is 0 Å². The summed E-state index contributed by atoms with van der Waals surface area (Å²) in [5.74, 6) is 0.698. The first-order chi connectivity index (χ1) is 17.2. The van der Waals surface area contributed by atoms with E-state index in [0.717, 1.165) is 11.4 Å². The van der Waals surface area contributed by atoms with Gasteiger partial charge in [0, 0.05) is 38.1 Å². The molecule has 10 heteroatoms. The molecule has 2 heterocycles. The molecule has 0 aliphatic carbocycles. The molecule has 192 valence electrons. The van der Waals surface area contributed by atoms with E-state index in [0.29, 0.717) is 37.2 Å². The molecule has 1 atom stereocenters. The second kappa shape index (κ2) is 10.6. The van der Waals surface area contributed by atoms with E-state index in [2.05, 4.69) is 20.2 Å². The van der Waals surface area contributed by atoms with Gasteiger partial charge in [-0.1, -0.05) is 12.1 Å². The molecule has 1 fully saturated rings. The van der Waals surface area contributed by atoms with Gasteiger partial charge in [-0.25, -0.2) is 9.78 Å². The van der Waals surface area contributed by atoms with E-state index in [9.17, 15) is 18.0 Å². The second-order valence-electron chi connectivity index (χ2n) is 8.87. The lowest BCUT2D eigenvalue weighted by Gasteiger charge is -2.41. The third kappa shape index (κ3) is 5.33. The van der Waals surface area contributed by atoms with E-state index in [1.807, 2.05) is 24.3 Å². The van der Waals surface area contributed by atoms with Crippen molar-refractivity contribution in [3.8, 4) is 5.75 Å². The van der Waals surface area contributed by atoms with Gasteiger partial charge in [0.25, 0.3) is 0 Å². The summed E-state index contributed by atoms with van der Waals surface area (Å²) in [6.07, 6.45) is 0.0607. The van der Waals surface area contributed by atoms with Gasteiger partial charge >= 0.3 is 12.2 Å². The zero-order valence-corrected chi connectivity index (χ0v) is 20.5. The third-order valence-electron chi connectivity index (χ3n) is 6.71. The number of carbonyl (C=O) groups excluding carboxylic acids is 1. The van der Waals surface area contributed by atoms with Crippen molar-refractivity contribution in [2.45, 2.75) is 38.0 Å². The van der Waals surface area contributed by atoms with Crippen LogP contribution in [0.5, 0.6) is 5.75 Å². The Morgan fingerprint density at radius 2 is 1.89 bits per heavy atom. The summed E-state index contributed by atoms with van der Waals surface area (Å²) < 4.78 is 46.2. The number of rotatable bonds is 6. The number of ether oxygens (including phenoxy) is 1. The molecule has 1 aliphatic rings. The minimum atomic E-state index is -4.43. The van der Waals surface area contributed by atoms with Gasteiger partial charge in [-0.3, -0.25) is 9.80 Å². The highest BCUT2D eigenvalue weighted by atomic mass is 19.4. The molecule has 0 spiro atoms. The molecule has 2 amide bonds. The molecule has 7 nitrogen and oxygen atoms in total. The number of aryl methyl sites for hydroxylation is 1. The largest absolute Gasteiger partial charge is 0.497 e. The van der Waals surface area contributed by atoms with E-state index < -0.39 is 17.8 Å². The minimum absolute atomic E-state index is 0.0687. The summed E-state index contributed by atoms with van der Waals surface area (Å²) in [6.45, 7) is 2.65. The average Bonchev–Trinajstić information content (AvgIpc) is 3.40. The number of hydrogen-bond donors (Lipinski definition) is 2. The number of aromatic nitrogens is 2. The predicted molar refractivity (Wildman–Crippen MR) is 131 cm³/mol. The molecule has 1 aromatic heterocycles. The van der Waals surface area contributed by atoms with Crippen LogP contribution in [-0.4, -0.2) is 54.2 Å². The number of H-pyrrole nitrogens is 1. The number of anilines is 1. The summed E-state index contributed by atoms with van der Waals surface area (Å²) in [6, 6.07) is 11.1. The number of methoxy groups -OCH3 is 1. The predicted octanol–water partition coefficient (Wildman–Crippen LogP) is 5.15. The molecular weight excluding hydrogens is 471 g/mol. The van der Waals surface area contributed by atoms with Crippen LogP contribution in [-0.2, 0) is 6.18 Å². The lowest BCUT2D eigenvalue weighted by molar-refractivity contribution is -0.138. The molecule has 0 radical (unpaired) electrons. The zero-order chi connectivity index (χ0) is 25.9. The van der Waals surface area contributed by atoms with Crippen molar-refractivity contribution in [3.05, 3.63) is 77.4 Å². The number of benzene rings is 2. The van der Waals surface area contributed by atoms with Crippen molar-refractivity contribution in [2.75, 3.05) is 32.1 Å². The monoisotopic (exact) mass is 501 g/mol. The van der Waals surface area contributed by atoms with Gasteiger partial charge in [0.15, 0.2) is 0 Å². The van der Waals surface area contributed by atoms with Crippen molar-refractivity contribution >= 4 is 11.7 Å². The van der Waals surface area contributed by atoms with Crippen LogP contribution in [0.1, 0.15) is 41.3 Å². The molecule has 1 saturated heterocycles. The van der Waals surface area contributed by atoms with Crippen LogP contribution in [0.4, 0.5) is 23.7 Å². The number of nitrogens with zero attached hydrogens (tertiary/aromatic N) is 3. The number of piperidine rings is 1. The van der Waals surface area contributed by atoms with Gasteiger partial charge < -0.3 is 15.0 Å². The van der Waals surface area contributed by atoms with Crippen molar-refractivity contribution in [1.29, 1.82) is 0 Å². The number of likely N-dealkylation sites (tertiary alicyclic amines) is 1. The normalized spacial score (nSPS) is 15.9. The van der Waals surface area contributed by atoms with E-state index in [1.54, 1.807) is 31.3 Å². The Morgan fingerprint density at radius 1 is 1.19 bits per heavy atom. The first-order valence-corrected chi connectivity index (χ1v) is 11.8. The van der Waals surface area contributed by atoms with Gasteiger partial charge in [-0.15, -0.1) is 0 Å². The Balaban J connectivity index is 1.59. The fraction of sp³-hybridized carbons (Fsp3) is 0.385. The van der Waals surface area contributed by atoms with Gasteiger partial charge in [0.2, 0.25) is 0 Å². The maximum atomic E-state index is 13.7. The van der Waals surface area contributed by atoms with Crippen molar-refractivity contribution in [1.82, 2.24) is 20.2 Å². The molecule has 2 N–H and O–H groups in total. The number of urea groups is 1. The first-order valence-electron chi connectivity index (χ1n) is 11.8. The second-order valence-corrected chi connectivity index (χ2v) is 8.87. The maximum absolute atomic E-state index is 13.7. The Bertz CT molecular complexity index is 1160. The summed E-state index contributed by atoms with van der Waals surface area (Å²) in [7, 11) is 3.18. The zero-order valence-electron chi connectivity index (χ0n) is 20.5. The summed E-state index contributed by atoms with van der Waals surface area (Å²) in [4.78, 5) is 23.9. The van der Waals surface area contributed by atoms with Crippen molar-refractivity contribution in [2.24, 2.45) is 0 Å². The highest BCUT2D eigenvalue weighted by Gasteiger charge is 2.36. The molecule has 4 rings (SSSR count). The van der Waals surface area contributed by atoms with Crippen LogP contribution in [0.2, 0.25) is 0 Å². The molecular formula is C26H30F3N5O2. The number of imidazole rings is 1. The number of aromatic amines is 1. The number of carbonyl (C=O) groups is 1. The SMILES string of the molecule is CNC(=O)N(c1ccc(OC)cc1)C1CCN(C(c2ccc(C)c(C(F)(F)F)c2)c2cnc[nH]2)CC1. The van der Waals surface area contributed by atoms with Crippen LogP contribution in [0.15, 0.2) is 55.0 Å². The van der Waals surface area contributed by atoms with Gasteiger partial charge in [0.05, 0.1) is 30.7 Å². The number of hydrogen-bond acceptors (Lipinski definition) is 4. The minimum Gasteiger partial charge on any atom is -0.497 e. The molecule has 0 bridgehead atoms. The van der Waals surface area contributed by atoms with Crippen LogP contribution in [0.3, 0.4) is 0 Å². The Morgan fingerprint density at radius 3 is 2.44 bits per heavy atom. The molecule has 3 aromatic rings. The molecule has 1 aliphatic heterocycles. The molecule has 0 saturated carbocycles. The number of halogens is 3. The summed E-state index contributed by atoms with van der Waals surface area (Å²) >= 11 is 0. The third-order valence-corrected chi connectivity index (χ3v) is 6.71. The fourth-order valence-electron chi connectivity index (χ4n) is 4.88. The summed E-state index contributed by atoms with van der Waals surface area (Å²) in [5, 5.41) is 2.72. The summed E-state index contributed by atoms with van der Waals surface area (Å²) in [5.41, 5.74) is 1.59. The lowest BCUT2D eigenvalue weighted by atomic mass is 9.94. The standard InChI is InChI=1S/C26H30F3N5O2/c1-17-4-5-18(14-22(17)26(27,28)29)24(23-15-31-16-32-23)33-12-10-20(11-13-33)34(25(35)30-2)19-6-8-21(36-3)9-7-19/h4-9,14-16,20,24H,10-13H2,1-3H3,(H,30,35)(H,31,32). The van der Waals surface area contributed by atoms with Crippen LogP contribution < -0.4 is 15.0 Å². The van der Waals surface area contributed by atoms with Gasteiger partial charge in [-0.05, 0) is 61.2 Å². The Hall–Kier alpha value is -3.53. The first kappa shape index (κ1) is 25.6. The van der Waals surface area contributed by atoms with Crippen molar-refractivity contribution in [3.63, 3.8) is 0 Å². The Labute approximate surface area is 208 Å². The molecule has 2 aromatic carbocycles.